The van der Waals surface area contributed by atoms with E-state index in [2.05, 4.69) is 10.3 Å². The van der Waals surface area contributed by atoms with Crippen LogP contribution in [0.15, 0.2) is 12.3 Å². The number of carbonyl (C=O) groups is 1. The third kappa shape index (κ3) is 3.00. The number of ether oxygens (including phenoxy) is 1. The molecule has 94 valence electrons. The lowest BCUT2D eigenvalue weighted by molar-refractivity contribution is 0.0537. The third-order valence-corrected chi connectivity index (χ3v) is 3.28. The molecule has 4 N–H and O–H groups in total. The molecule has 1 unspecified atom stereocenters. The Morgan fingerprint density at radius 1 is 1.59 bits per heavy atom. The molecular formula is C12H19N3O2. The smallest absolute Gasteiger partial charge is 0.267 e. The van der Waals surface area contributed by atoms with Crippen LogP contribution in [0.1, 0.15) is 30.3 Å². The van der Waals surface area contributed by atoms with Gasteiger partial charge in [0, 0.05) is 31.1 Å². The number of rotatable bonds is 3. The van der Waals surface area contributed by atoms with Gasteiger partial charge in [-0.15, -0.1) is 0 Å². The number of nitrogens with one attached hydrogen (secondary N) is 2. The number of nitrogen functional groups attached to an aromatic ring is 1. The van der Waals surface area contributed by atoms with E-state index in [9.17, 15) is 4.79 Å². The van der Waals surface area contributed by atoms with E-state index in [0.29, 0.717) is 17.3 Å². The summed E-state index contributed by atoms with van der Waals surface area (Å²) in [5.41, 5.74) is 6.66. The van der Waals surface area contributed by atoms with Crippen LogP contribution in [0.3, 0.4) is 0 Å². The molecule has 5 heteroatoms. The third-order valence-electron chi connectivity index (χ3n) is 3.28. The number of carbonyl (C=O) groups excluding carboxylic acids is 1. The summed E-state index contributed by atoms with van der Waals surface area (Å²) < 4.78 is 5.31. The van der Waals surface area contributed by atoms with Crippen LogP contribution in [-0.2, 0) is 4.74 Å². The Labute approximate surface area is 101 Å². The van der Waals surface area contributed by atoms with Crippen LogP contribution in [0.25, 0.3) is 0 Å². The van der Waals surface area contributed by atoms with Crippen LogP contribution in [0.4, 0.5) is 5.69 Å². The van der Waals surface area contributed by atoms with Gasteiger partial charge in [0.2, 0.25) is 0 Å². The highest BCUT2D eigenvalue weighted by Gasteiger charge is 2.22. The van der Waals surface area contributed by atoms with Gasteiger partial charge in [0.1, 0.15) is 5.69 Å². The highest BCUT2D eigenvalue weighted by atomic mass is 16.5. The molecule has 2 heterocycles. The maximum absolute atomic E-state index is 11.9. The number of amides is 1. The van der Waals surface area contributed by atoms with Gasteiger partial charge < -0.3 is 20.8 Å². The minimum absolute atomic E-state index is 0.0966. The van der Waals surface area contributed by atoms with Gasteiger partial charge in [-0.3, -0.25) is 4.79 Å². The molecule has 1 aliphatic rings. The van der Waals surface area contributed by atoms with Crippen molar-refractivity contribution in [3.63, 3.8) is 0 Å². The van der Waals surface area contributed by atoms with Crippen LogP contribution in [-0.4, -0.2) is 30.1 Å². The van der Waals surface area contributed by atoms with E-state index in [4.69, 9.17) is 10.5 Å². The lowest BCUT2D eigenvalue weighted by atomic mass is 9.93. The highest BCUT2D eigenvalue weighted by Crippen LogP contribution is 2.18. The van der Waals surface area contributed by atoms with Gasteiger partial charge in [-0.1, -0.05) is 0 Å². The number of nitrogens with two attached hydrogens (primary N) is 1. The van der Waals surface area contributed by atoms with Crippen molar-refractivity contribution in [2.45, 2.75) is 25.8 Å². The summed E-state index contributed by atoms with van der Waals surface area (Å²) in [5, 5.41) is 3.00. The maximum Gasteiger partial charge on any atom is 0.267 e. The number of aromatic nitrogens is 1. The van der Waals surface area contributed by atoms with Gasteiger partial charge in [-0.05, 0) is 31.7 Å². The monoisotopic (exact) mass is 237 g/mol. The summed E-state index contributed by atoms with van der Waals surface area (Å²) >= 11 is 0. The molecule has 1 aromatic rings. The Hall–Kier alpha value is -1.49. The van der Waals surface area contributed by atoms with Crippen molar-refractivity contribution in [2.24, 2.45) is 5.92 Å². The zero-order chi connectivity index (χ0) is 12.3. The van der Waals surface area contributed by atoms with Crippen molar-refractivity contribution < 1.29 is 9.53 Å². The van der Waals surface area contributed by atoms with Crippen LogP contribution in [0, 0.1) is 5.92 Å². The Kier molecular flexibility index (Phi) is 3.68. The molecule has 1 amide bonds. The molecule has 0 radical (unpaired) electrons. The van der Waals surface area contributed by atoms with Crippen molar-refractivity contribution >= 4 is 11.6 Å². The second-order valence-electron chi connectivity index (χ2n) is 4.56. The molecule has 0 aromatic carbocycles. The quantitative estimate of drug-likeness (QED) is 0.737. The van der Waals surface area contributed by atoms with E-state index in [1.54, 1.807) is 12.3 Å². The summed E-state index contributed by atoms with van der Waals surface area (Å²) in [4.78, 5) is 14.7. The molecule has 0 bridgehead atoms. The summed E-state index contributed by atoms with van der Waals surface area (Å²) in [7, 11) is 0. The molecule has 17 heavy (non-hydrogen) atoms. The van der Waals surface area contributed by atoms with E-state index in [0.717, 1.165) is 26.1 Å². The molecule has 2 rings (SSSR count). The van der Waals surface area contributed by atoms with Gasteiger partial charge in [0.25, 0.3) is 5.91 Å². The second kappa shape index (κ2) is 5.23. The first kappa shape index (κ1) is 12.0. The van der Waals surface area contributed by atoms with Crippen LogP contribution >= 0.6 is 0 Å². The predicted octanol–water partition coefficient (Wildman–Crippen LogP) is 1.14. The van der Waals surface area contributed by atoms with Gasteiger partial charge in [0.15, 0.2) is 0 Å². The Morgan fingerprint density at radius 2 is 2.29 bits per heavy atom. The fraction of sp³-hybridized carbons (Fsp3) is 0.583. The molecule has 5 nitrogen and oxygen atoms in total. The van der Waals surface area contributed by atoms with Crippen molar-refractivity contribution in [1.82, 2.24) is 10.3 Å². The molecule has 0 spiro atoms. The SMILES string of the molecule is CC(NC(=O)c1cc(N)c[nH]1)C1CCOCC1. The number of hydrogen-bond donors (Lipinski definition) is 3. The zero-order valence-electron chi connectivity index (χ0n) is 10.0. The summed E-state index contributed by atoms with van der Waals surface area (Å²) in [5.74, 6) is 0.403. The number of hydrogen-bond acceptors (Lipinski definition) is 3. The normalized spacial score (nSPS) is 18.9. The van der Waals surface area contributed by atoms with Crippen molar-refractivity contribution in [3.8, 4) is 0 Å². The average Bonchev–Trinajstić information content (AvgIpc) is 2.77. The zero-order valence-corrected chi connectivity index (χ0v) is 10.0. The second-order valence-corrected chi connectivity index (χ2v) is 4.56. The van der Waals surface area contributed by atoms with Crippen LogP contribution < -0.4 is 11.1 Å². The standard InChI is InChI=1S/C12H19N3O2/c1-8(9-2-4-17-5-3-9)15-12(16)11-6-10(13)7-14-11/h6-9,14H,2-5,13H2,1H3,(H,15,16). The fourth-order valence-corrected chi connectivity index (χ4v) is 2.16. The van der Waals surface area contributed by atoms with Crippen molar-refractivity contribution in [3.05, 3.63) is 18.0 Å². The topological polar surface area (TPSA) is 80.1 Å². The van der Waals surface area contributed by atoms with Crippen molar-refractivity contribution in [1.29, 1.82) is 0 Å². The first-order chi connectivity index (χ1) is 8.16. The highest BCUT2D eigenvalue weighted by molar-refractivity contribution is 5.93. The Bertz CT molecular complexity index is 383. The van der Waals surface area contributed by atoms with Gasteiger partial charge in [-0.25, -0.2) is 0 Å². The predicted molar refractivity (Wildman–Crippen MR) is 65.7 cm³/mol. The van der Waals surface area contributed by atoms with E-state index < -0.39 is 0 Å². The van der Waals surface area contributed by atoms with Gasteiger partial charge in [0.05, 0.1) is 0 Å². The molecule has 1 aromatic heterocycles. The lowest BCUT2D eigenvalue weighted by Gasteiger charge is -2.28. The largest absolute Gasteiger partial charge is 0.397 e. The molecule has 1 atom stereocenters. The van der Waals surface area contributed by atoms with E-state index in [-0.39, 0.29) is 11.9 Å². The molecule has 1 fully saturated rings. The molecule has 0 aliphatic carbocycles. The number of H-pyrrole nitrogens is 1. The Balaban J connectivity index is 1.89. The molecule has 1 aliphatic heterocycles. The van der Waals surface area contributed by atoms with E-state index >= 15 is 0 Å². The van der Waals surface area contributed by atoms with Crippen molar-refractivity contribution in [2.75, 3.05) is 18.9 Å². The summed E-state index contributed by atoms with van der Waals surface area (Å²) in [6, 6.07) is 1.81. The van der Waals surface area contributed by atoms with Gasteiger partial charge in [-0.2, -0.15) is 0 Å². The van der Waals surface area contributed by atoms with Crippen LogP contribution in [0.5, 0.6) is 0 Å². The van der Waals surface area contributed by atoms with Crippen LogP contribution in [0.2, 0.25) is 0 Å². The minimum atomic E-state index is -0.0966. The lowest BCUT2D eigenvalue weighted by Crippen LogP contribution is -2.40. The van der Waals surface area contributed by atoms with Gasteiger partial charge >= 0.3 is 0 Å². The fourth-order valence-electron chi connectivity index (χ4n) is 2.16. The minimum Gasteiger partial charge on any atom is -0.397 e. The number of aromatic amines is 1. The summed E-state index contributed by atoms with van der Waals surface area (Å²) in [6.07, 6.45) is 3.64. The average molecular weight is 237 g/mol. The first-order valence-corrected chi connectivity index (χ1v) is 5.99. The number of anilines is 1. The van der Waals surface area contributed by atoms with E-state index in [1.807, 2.05) is 6.92 Å². The van der Waals surface area contributed by atoms with E-state index in [1.165, 1.54) is 0 Å². The Morgan fingerprint density at radius 3 is 2.88 bits per heavy atom. The molecule has 0 saturated carbocycles. The first-order valence-electron chi connectivity index (χ1n) is 5.99. The maximum atomic E-state index is 11.9. The molecule has 1 saturated heterocycles. The molecular weight excluding hydrogens is 218 g/mol. The summed E-state index contributed by atoms with van der Waals surface area (Å²) in [6.45, 7) is 3.63.